The Morgan fingerprint density at radius 1 is 1.23 bits per heavy atom. The Bertz CT molecular complexity index is 1550. The monoisotopic (exact) mass is 590 g/mol. The number of amides is 1. The lowest BCUT2D eigenvalue weighted by molar-refractivity contribution is -0.128. The summed E-state index contributed by atoms with van der Waals surface area (Å²) in [6, 6.07) is 13.5. The molecule has 3 heterocycles. The quantitative estimate of drug-likeness (QED) is 0.194. The first kappa shape index (κ1) is 29.1. The maximum Gasteiger partial charge on any atom is 0.379 e. The molecular weight excluding hydrogens is 568 g/mol. The van der Waals surface area contributed by atoms with Crippen LogP contribution in [0.2, 0.25) is 5.02 Å². The molecule has 1 amide bonds. The van der Waals surface area contributed by atoms with Crippen molar-refractivity contribution < 1.29 is 27.1 Å². The van der Waals surface area contributed by atoms with Gasteiger partial charge in [0.15, 0.2) is 5.82 Å². The summed E-state index contributed by atoms with van der Waals surface area (Å²) in [5, 5.41) is 3.72. The first-order valence-electron chi connectivity index (χ1n) is 12.1. The lowest BCUT2D eigenvalue weighted by Crippen LogP contribution is -2.32. The van der Waals surface area contributed by atoms with E-state index in [1.54, 1.807) is 31.2 Å². The van der Waals surface area contributed by atoms with Crippen molar-refractivity contribution in [1.82, 2.24) is 14.9 Å². The molecule has 12 heteroatoms. The molecular formula is C28H23ClF4N4O2S. The third-order valence-corrected chi connectivity index (χ3v) is 7.15. The predicted molar refractivity (Wildman–Crippen MR) is 147 cm³/mol. The van der Waals surface area contributed by atoms with Gasteiger partial charge in [-0.1, -0.05) is 35.6 Å². The Morgan fingerprint density at radius 2 is 2.02 bits per heavy atom. The molecule has 0 saturated carbocycles. The molecule has 0 radical (unpaired) electrons. The molecule has 1 unspecified atom stereocenters. The molecule has 2 aromatic carbocycles. The SMILES string of the molecule is CC(=O)N1CCCC1C#Cc1cc2ncnc(Nc3ccc(OCc4cccc(F)c4)c(Cl)c3)c2s1.FC(F)F. The number of benzene rings is 2. The van der Waals surface area contributed by atoms with Crippen molar-refractivity contribution in [1.29, 1.82) is 0 Å². The molecule has 2 aromatic heterocycles. The second-order valence-corrected chi connectivity index (χ2v) is 10.1. The first-order valence-corrected chi connectivity index (χ1v) is 13.3. The van der Waals surface area contributed by atoms with Crippen LogP contribution in [0.25, 0.3) is 10.2 Å². The highest BCUT2D eigenvalue weighted by molar-refractivity contribution is 7.20. The van der Waals surface area contributed by atoms with Crippen LogP contribution >= 0.6 is 22.9 Å². The Kier molecular flexibility index (Phi) is 9.79. The number of alkyl halides is 3. The minimum Gasteiger partial charge on any atom is -0.487 e. The van der Waals surface area contributed by atoms with Gasteiger partial charge in [-0.05, 0) is 54.8 Å². The van der Waals surface area contributed by atoms with Crippen LogP contribution in [0.3, 0.4) is 0 Å². The number of halogens is 5. The molecule has 5 rings (SSSR count). The largest absolute Gasteiger partial charge is 0.487 e. The third kappa shape index (κ3) is 7.83. The number of carbonyl (C=O) groups is 1. The van der Waals surface area contributed by atoms with Gasteiger partial charge in [0, 0.05) is 19.2 Å². The Labute approximate surface area is 237 Å². The lowest BCUT2D eigenvalue weighted by Gasteiger charge is -2.17. The number of rotatable bonds is 5. The molecule has 0 bridgehead atoms. The van der Waals surface area contributed by atoms with E-state index in [1.165, 1.54) is 29.8 Å². The highest BCUT2D eigenvalue weighted by atomic mass is 35.5. The third-order valence-electron chi connectivity index (χ3n) is 5.81. The van der Waals surface area contributed by atoms with E-state index in [4.69, 9.17) is 16.3 Å². The van der Waals surface area contributed by atoms with E-state index in [-0.39, 0.29) is 24.4 Å². The number of fused-ring (bicyclic) bond motifs is 1. The number of nitrogens with zero attached hydrogens (tertiary/aromatic N) is 3. The summed E-state index contributed by atoms with van der Waals surface area (Å²) in [4.78, 5) is 23.2. The number of ether oxygens (including phenoxy) is 1. The van der Waals surface area contributed by atoms with E-state index in [0.29, 0.717) is 16.6 Å². The van der Waals surface area contributed by atoms with Crippen molar-refractivity contribution in [3.8, 4) is 17.6 Å². The van der Waals surface area contributed by atoms with E-state index < -0.39 is 6.68 Å². The second-order valence-electron chi connectivity index (χ2n) is 8.62. The molecule has 1 aliphatic rings. The van der Waals surface area contributed by atoms with Gasteiger partial charge in [-0.25, -0.2) is 14.4 Å². The molecule has 4 aromatic rings. The summed E-state index contributed by atoms with van der Waals surface area (Å²) >= 11 is 7.93. The van der Waals surface area contributed by atoms with Crippen LogP contribution in [0, 0.1) is 17.7 Å². The van der Waals surface area contributed by atoms with E-state index in [2.05, 4.69) is 27.1 Å². The number of hydrogen-bond acceptors (Lipinski definition) is 6. The van der Waals surface area contributed by atoms with Gasteiger partial charge in [-0.15, -0.1) is 11.3 Å². The van der Waals surface area contributed by atoms with Crippen LogP contribution in [0.1, 0.15) is 30.2 Å². The molecule has 1 saturated heterocycles. The summed E-state index contributed by atoms with van der Waals surface area (Å²) in [6.07, 6.45) is 3.37. The molecule has 6 nitrogen and oxygen atoms in total. The van der Waals surface area contributed by atoms with Crippen molar-refractivity contribution in [3.63, 3.8) is 0 Å². The minimum absolute atomic E-state index is 0.0415. The highest BCUT2D eigenvalue weighted by Gasteiger charge is 2.24. The van der Waals surface area contributed by atoms with Crippen molar-refractivity contribution in [3.05, 3.63) is 76.1 Å². The zero-order valence-corrected chi connectivity index (χ0v) is 22.7. The molecule has 1 fully saturated rings. The fourth-order valence-electron chi connectivity index (χ4n) is 4.07. The maximum absolute atomic E-state index is 13.4. The zero-order chi connectivity index (χ0) is 28.6. The van der Waals surface area contributed by atoms with Crippen LogP contribution in [-0.2, 0) is 11.4 Å². The van der Waals surface area contributed by atoms with E-state index in [1.807, 2.05) is 17.0 Å². The Balaban J connectivity index is 0.000000867. The average Bonchev–Trinajstić information content (AvgIpc) is 3.54. The topological polar surface area (TPSA) is 67.4 Å². The fourth-order valence-corrected chi connectivity index (χ4v) is 5.23. The Morgan fingerprint density at radius 3 is 2.75 bits per heavy atom. The van der Waals surface area contributed by atoms with Crippen molar-refractivity contribution >= 4 is 50.6 Å². The summed E-state index contributed by atoms with van der Waals surface area (Å²) in [5.41, 5.74) is 2.25. The molecule has 1 aliphatic heterocycles. The van der Waals surface area contributed by atoms with Crippen molar-refractivity contribution in [2.45, 2.75) is 39.1 Å². The Hall–Kier alpha value is -3.88. The first-order chi connectivity index (χ1) is 19.2. The summed E-state index contributed by atoms with van der Waals surface area (Å²) < 4.78 is 49.0. The number of carbonyl (C=O) groups excluding carboxylic acids is 1. The maximum atomic E-state index is 13.4. The normalized spacial score (nSPS) is 14.4. The zero-order valence-electron chi connectivity index (χ0n) is 21.1. The molecule has 208 valence electrons. The van der Waals surface area contributed by atoms with Gasteiger partial charge in [-0.2, -0.15) is 13.2 Å². The van der Waals surface area contributed by atoms with Crippen LogP contribution in [-0.4, -0.2) is 40.0 Å². The number of aromatic nitrogens is 2. The molecule has 40 heavy (non-hydrogen) atoms. The number of thiophene rings is 1. The minimum atomic E-state index is -3.67. The number of likely N-dealkylation sites (tertiary alicyclic amines) is 1. The molecule has 1 atom stereocenters. The van der Waals surface area contributed by atoms with Gasteiger partial charge in [0.05, 0.1) is 26.2 Å². The summed E-state index contributed by atoms with van der Waals surface area (Å²) in [6.45, 7) is -1.11. The van der Waals surface area contributed by atoms with Gasteiger partial charge in [-0.3, -0.25) is 4.79 Å². The standard InChI is InChI=1S/C27H22ClFN4O2S.CHF3/c1-17(34)33-11-3-6-21(33)8-9-22-14-24-26(36-22)27(31-16-30-24)32-20-7-10-25(23(28)13-20)35-15-18-4-2-5-19(29)12-18;2-1(3)4/h2,4-5,7,10,12-14,16,21H,3,6,11,15H2,1H3,(H,30,31,32);1H. The smallest absolute Gasteiger partial charge is 0.379 e. The lowest BCUT2D eigenvalue weighted by atomic mass is 10.2. The molecule has 0 spiro atoms. The van der Waals surface area contributed by atoms with Gasteiger partial charge < -0.3 is 15.0 Å². The van der Waals surface area contributed by atoms with E-state index in [9.17, 15) is 22.4 Å². The highest BCUT2D eigenvalue weighted by Crippen LogP contribution is 2.33. The molecule has 1 N–H and O–H groups in total. The van der Waals surface area contributed by atoms with E-state index in [0.717, 1.165) is 45.7 Å². The fraction of sp³-hybridized carbons (Fsp3) is 0.250. The number of anilines is 2. The predicted octanol–water partition coefficient (Wildman–Crippen LogP) is 7.35. The average molecular weight is 591 g/mol. The van der Waals surface area contributed by atoms with Gasteiger partial charge in [0.2, 0.25) is 5.91 Å². The number of hydrogen-bond donors (Lipinski definition) is 1. The van der Waals surface area contributed by atoms with Gasteiger partial charge >= 0.3 is 6.68 Å². The van der Waals surface area contributed by atoms with Crippen LogP contribution in [0.5, 0.6) is 5.75 Å². The summed E-state index contributed by atoms with van der Waals surface area (Å²) in [5.74, 6) is 7.36. The van der Waals surface area contributed by atoms with Gasteiger partial charge in [0.25, 0.3) is 0 Å². The van der Waals surface area contributed by atoms with E-state index >= 15 is 0 Å². The van der Waals surface area contributed by atoms with Crippen LogP contribution in [0.15, 0.2) is 54.9 Å². The van der Waals surface area contributed by atoms with Crippen molar-refractivity contribution in [2.24, 2.45) is 0 Å². The second kappa shape index (κ2) is 13.5. The molecule has 0 aliphatic carbocycles. The van der Waals surface area contributed by atoms with Crippen LogP contribution < -0.4 is 10.1 Å². The van der Waals surface area contributed by atoms with Gasteiger partial charge in [0.1, 0.15) is 24.5 Å². The number of nitrogens with one attached hydrogen (secondary N) is 1. The van der Waals surface area contributed by atoms with Crippen LogP contribution in [0.4, 0.5) is 29.1 Å². The summed E-state index contributed by atoms with van der Waals surface area (Å²) in [7, 11) is 0. The van der Waals surface area contributed by atoms with Crippen molar-refractivity contribution in [2.75, 3.05) is 11.9 Å².